The molecule has 6 nitrogen and oxygen atoms in total. The van der Waals surface area contributed by atoms with Crippen molar-refractivity contribution in [3.05, 3.63) is 41.9 Å². The standard InChI is InChI=1S/C18H19N5OS/c1-23-17-15(10-21-23)18(20-11-19-17)25-8-7-16(24)22-14-6-5-12-3-2-4-13(12)9-14/h5-6,9-11H,2-4,7-8H2,1H3,(H,22,24). The highest BCUT2D eigenvalue weighted by Crippen LogP contribution is 2.26. The predicted molar refractivity (Wildman–Crippen MR) is 98.7 cm³/mol. The summed E-state index contributed by atoms with van der Waals surface area (Å²) in [5.41, 5.74) is 4.48. The molecule has 1 aliphatic carbocycles. The first kappa shape index (κ1) is 16.1. The van der Waals surface area contributed by atoms with E-state index in [1.54, 1.807) is 22.6 Å². The number of fused-ring (bicyclic) bond motifs is 2. The van der Waals surface area contributed by atoms with Crippen LogP contribution in [0.25, 0.3) is 11.0 Å². The van der Waals surface area contributed by atoms with Crippen LogP contribution in [0, 0.1) is 0 Å². The molecule has 0 radical (unpaired) electrons. The molecule has 3 aromatic rings. The number of thioether (sulfide) groups is 1. The van der Waals surface area contributed by atoms with E-state index in [1.165, 1.54) is 23.9 Å². The van der Waals surface area contributed by atoms with E-state index in [0.29, 0.717) is 12.2 Å². The van der Waals surface area contributed by atoms with Gasteiger partial charge in [-0.3, -0.25) is 9.48 Å². The van der Waals surface area contributed by atoms with E-state index in [9.17, 15) is 4.79 Å². The summed E-state index contributed by atoms with van der Waals surface area (Å²) in [6.45, 7) is 0. The van der Waals surface area contributed by atoms with Crippen LogP contribution in [0.2, 0.25) is 0 Å². The number of carbonyl (C=O) groups excluding carboxylic acids is 1. The highest BCUT2D eigenvalue weighted by molar-refractivity contribution is 7.99. The molecule has 2 aromatic heterocycles. The van der Waals surface area contributed by atoms with Gasteiger partial charge in [-0.1, -0.05) is 6.07 Å². The number of nitrogens with zero attached hydrogens (tertiary/aromatic N) is 4. The Labute approximate surface area is 150 Å². The Bertz CT molecular complexity index is 936. The third-order valence-corrected chi connectivity index (χ3v) is 5.45. The first-order valence-electron chi connectivity index (χ1n) is 8.38. The fourth-order valence-corrected chi connectivity index (χ4v) is 4.07. The number of carbonyl (C=O) groups is 1. The zero-order chi connectivity index (χ0) is 17.2. The minimum atomic E-state index is 0.0296. The molecule has 7 heteroatoms. The van der Waals surface area contributed by atoms with Crippen molar-refractivity contribution < 1.29 is 4.79 Å². The van der Waals surface area contributed by atoms with Gasteiger partial charge in [0.05, 0.1) is 11.6 Å². The molecular formula is C18H19N5OS. The monoisotopic (exact) mass is 353 g/mol. The van der Waals surface area contributed by atoms with Gasteiger partial charge in [-0.2, -0.15) is 5.10 Å². The molecule has 0 spiro atoms. The molecule has 1 amide bonds. The average molecular weight is 353 g/mol. The van der Waals surface area contributed by atoms with Crippen molar-refractivity contribution in [1.29, 1.82) is 0 Å². The van der Waals surface area contributed by atoms with Crippen LogP contribution in [0.5, 0.6) is 0 Å². The molecule has 0 bridgehead atoms. The highest BCUT2D eigenvalue weighted by Gasteiger charge is 2.12. The van der Waals surface area contributed by atoms with Gasteiger partial charge in [0.25, 0.3) is 0 Å². The number of aryl methyl sites for hydroxylation is 3. The lowest BCUT2D eigenvalue weighted by molar-refractivity contribution is -0.115. The minimum Gasteiger partial charge on any atom is -0.326 e. The fourth-order valence-electron chi connectivity index (χ4n) is 3.17. The smallest absolute Gasteiger partial charge is 0.225 e. The molecule has 1 N–H and O–H groups in total. The van der Waals surface area contributed by atoms with Crippen molar-refractivity contribution in [3.63, 3.8) is 0 Å². The van der Waals surface area contributed by atoms with Crippen LogP contribution in [0.15, 0.2) is 35.7 Å². The highest BCUT2D eigenvalue weighted by atomic mass is 32.2. The van der Waals surface area contributed by atoms with Crippen LogP contribution in [-0.2, 0) is 24.7 Å². The molecular weight excluding hydrogens is 334 g/mol. The Hall–Kier alpha value is -2.41. The fraction of sp³-hybridized carbons (Fsp3) is 0.333. The number of hydrogen-bond donors (Lipinski definition) is 1. The predicted octanol–water partition coefficient (Wildman–Crippen LogP) is 2.97. The summed E-state index contributed by atoms with van der Waals surface area (Å²) in [6.07, 6.45) is 7.23. The Kier molecular flexibility index (Phi) is 4.40. The number of aromatic nitrogens is 4. The van der Waals surface area contributed by atoms with Crippen molar-refractivity contribution >= 4 is 34.4 Å². The second kappa shape index (κ2) is 6.84. The van der Waals surface area contributed by atoms with Crippen molar-refractivity contribution in [2.24, 2.45) is 7.05 Å². The van der Waals surface area contributed by atoms with Crippen molar-refractivity contribution in [1.82, 2.24) is 19.7 Å². The molecule has 0 fully saturated rings. The van der Waals surface area contributed by atoms with Gasteiger partial charge in [0, 0.05) is 24.9 Å². The molecule has 0 aliphatic heterocycles. The quantitative estimate of drug-likeness (QED) is 0.564. The molecule has 1 aromatic carbocycles. The number of rotatable bonds is 5. The van der Waals surface area contributed by atoms with Crippen LogP contribution in [-0.4, -0.2) is 31.4 Å². The van der Waals surface area contributed by atoms with E-state index in [-0.39, 0.29) is 5.91 Å². The molecule has 1 aliphatic rings. The lowest BCUT2D eigenvalue weighted by Crippen LogP contribution is -2.12. The van der Waals surface area contributed by atoms with Gasteiger partial charge < -0.3 is 5.32 Å². The van der Waals surface area contributed by atoms with Gasteiger partial charge in [-0.05, 0) is 42.5 Å². The largest absolute Gasteiger partial charge is 0.326 e. The first-order valence-corrected chi connectivity index (χ1v) is 9.36. The third kappa shape index (κ3) is 3.37. The molecule has 0 atom stereocenters. The Morgan fingerprint density at radius 1 is 1.28 bits per heavy atom. The van der Waals surface area contributed by atoms with Crippen LogP contribution >= 0.6 is 11.8 Å². The van der Waals surface area contributed by atoms with Gasteiger partial charge in [-0.25, -0.2) is 9.97 Å². The van der Waals surface area contributed by atoms with Crippen LogP contribution in [0.4, 0.5) is 5.69 Å². The van der Waals surface area contributed by atoms with E-state index < -0.39 is 0 Å². The van der Waals surface area contributed by atoms with E-state index in [2.05, 4.69) is 32.5 Å². The molecule has 25 heavy (non-hydrogen) atoms. The van der Waals surface area contributed by atoms with Crippen molar-refractivity contribution in [3.8, 4) is 0 Å². The van der Waals surface area contributed by atoms with Crippen molar-refractivity contribution in [2.45, 2.75) is 30.7 Å². The molecule has 0 saturated heterocycles. The summed E-state index contributed by atoms with van der Waals surface area (Å²) in [5.74, 6) is 0.694. The number of nitrogens with one attached hydrogen (secondary N) is 1. The zero-order valence-electron chi connectivity index (χ0n) is 14.0. The lowest BCUT2D eigenvalue weighted by atomic mass is 10.1. The molecule has 2 heterocycles. The summed E-state index contributed by atoms with van der Waals surface area (Å²) >= 11 is 1.56. The van der Waals surface area contributed by atoms with Gasteiger partial charge in [0.1, 0.15) is 11.4 Å². The Morgan fingerprint density at radius 3 is 3.08 bits per heavy atom. The van der Waals surface area contributed by atoms with Crippen LogP contribution in [0.1, 0.15) is 24.0 Å². The third-order valence-electron chi connectivity index (χ3n) is 4.44. The summed E-state index contributed by atoms with van der Waals surface area (Å²) < 4.78 is 1.72. The topological polar surface area (TPSA) is 72.7 Å². The van der Waals surface area contributed by atoms with E-state index in [1.807, 2.05) is 13.1 Å². The molecule has 128 valence electrons. The summed E-state index contributed by atoms with van der Waals surface area (Å²) in [4.78, 5) is 20.7. The van der Waals surface area contributed by atoms with Gasteiger partial charge >= 0.3 is 0 Å². The second-order valence-corrected chi connectivity index (χ2v) is 7.25. The summed E-state index contributed by atoms with van der Waals surface area (Å²) in [5, 5.41) is 8.99. The molecule has 4 rings (SSSR count). The van der Waals surface area contributed by atoms with Crippen LogP contribution in [0.3, 0.4) is 0 Å². The normalized spacial score (nSPS) is 13.2. The maximum absolute atomic E-state index is 12.2. The lowest BCUT2D eigenvalue weighted by Gasteiger charge is -2.07. The maximum atomic E-state index is 12.2. The van der Waals surface area contributed by atoms with Gasteiger partial charge in [-0.15, -0.1) is 11.8 Å². The summed E-state index contributed by atoms with van der Waals surface area (Å²) in [7, 11) is 1.85. The molecule has 0 saturated carbocycles. The van der Waals surface area contributed by atoms with Crippen molar-refractivity contribution in [2.75, 3.05) is 11.1 Å². The number of benzene rings is 1. The average Bonchev–Trinajstić information content (AvgIpc) is 3.22. The Balaban J connectivity index is 1.34. The van der Waals surface area contributed by atoms with E-state index >= 15 is 0 Å². The maximum Gasteiger partial charge on any atom is 0.225 e. The molecule has 0 unspecified atom stereocenters. The summed E-state index contributed by atoms with van der Waals surface area (Å²) in [6, 6.07) is 6.24. The second-order valence-electron chi connectivity index (χ2n) is 6.17. The van der Waals surface area contributed by atoms with Gasteiger partial charge in [0.2, 0.25) is 5.91 Å². The van der Waals surface area contributed by atoms with E-state index in [0.717, 1.165) is 34.6 Å². The number of anilines is 1. The Morgan fingerprint density at radius 2 is 2.16 bits per heavy atom. The minimum absolute atomic E-state index is 0.0296. The van der Waals surface area contributed by atoms with Crippen LogP contribution < -0.4 is 5.32 Å². The van der Waals surface area contributed by atoms with E-state index in [4.69, 9.17) is 0 Å². The zero-order valence-corrected chi connectivity index (χ0v) is 14.8. The first-order chi connectivity index (χ1) is 12.2. The van der Waals surface area contributed by atoms with Gasteiger partial charge in [0.15, 0.2) is 5.65 Å². The number of amides is 1. The SMILES string of the molecule is Cn1ncc2c(SCCC(=O)Nc3ccc4c(c3)CCC4)ncnc21. The number of hydrogen-bond acceptors (Lipinski definition) is 5.